The zero-order chi connectivity index (χ0) is 14.6. The maximum atomic E-state index is 12.4. The van der Waals surface area contributed by atoms with Crippen molar-refractivity contribution >= 4 is 10.0 Å². The van der Waals surface area contributed by atoms with Crippen molar-refractivity contribution in [1.29, 1.82) is 0 Å². The second-order valence-electron chi connectivity index (χ2n) is 4.35. The molecule has 0 saturated carbocycles. The molecule has 2 aromatic rings. The van der Waals surface area contributed by atoms with E-state index < -0.39 is 16.1 Å². The Balaban J connectivity index is 2.27. The maximum absolute atomic E-state index is 12.4. The molecule has 20 heavy (non-hydrogen) atoms. The predicted octanol–water partition coefficient (Wildman–Crippen LogP) is 0.564. The Bertz CT molecular complexity index is 654. The van der Waals surface area contributed by atoms with Gasteiger partial charge in [0.05, 0.1) is 10.9 Å². The summed E-state index contributed by atoms with van der Waals surface area (Å²) >= 11 is 0. The first-order valence-corrected chi connectivity index (χ1v) is 7.63. The summed E-state index contributed by atoms with van der Waals surface area (Å²) in [6, 6.07) is 6.40. The first-order valence-electron chi connectivity index (χ1n) is 6.14. The summed E-state index contributed by atoms with van der Waals surface area (Å²) < 4.78 is 27.4. The number of benzene rings is 1. The largest absolute Gasteiger partial charge is 0.316 e. The van der Waals surface area contributed by atoms with Crippen LogP contribution in [-0.2, 0) is 16.6 Å². The molecule has 7 nitrogen and oxygen atoms in total. The normalized spacial score (nSPS) is 13.3. The van der Waals surface area contributed by atoms with Crippen LogP contribution in [0.1, 0.15) is 24.4 Å². The minimum Gasteiger partial charge on any atom is -0.316 e. The van der Waals surface area contributed by atoms with Crippen LogP contribution in [-0.4, -0.2) is 30.6 Å². The van der Waals surface area contributed by atoms with E-state index >= 15 is 0 Å². The number of nitrogens with one attached hydrogen (secondary N) is 3. The molecule has 108 valence electrons. The number of sulfonamides is 1. The molecule has 1 heterocycles. The van der Waals surface area contributed by atoms with Gasteiger partial charge < -0.3 is 5.32 Å². The molecule has 3 N–H and O–H groups in total. The van der Waals surface area contributed by atoms with Gasteiger partial charge in [0.1, 0.15) is 12.2 Å². The molecule has 0 saturated heterocycles. The van der Waals surface area contributed by atoms with E-state index in [9.17, 15) is 8.42 Å². The van der Waals surface area contributed by atoms with E-state index in [1.54, 1.807) is 32.2 Å². The second kappa shape index (κ2) is 6.12. The van der Waals surface area contributed by atoms with Gasteiger partial charge in [0.15, 0.2) is 0 Å². The maximum Gasteiger partial charge on any atom is 0.241 e. The van der Waals surface area contributed by atoms with Gasteiger partial charge in [-0.15, -0.1) is 0 Å². The number of hydrogen-bond donors (Lipinski definition) is 3. The summed E-state index contributed by atoms with van der Waals surface area (Å²) in [5.41, 5.74) is 0.715. The van der Waals surface area contributed by atoms with Gasteiger partial charge in [0, 0.05) is 6.54 Å². The zero-order valence-corrected chi connectivity index (χ0v) is 12.1. The fourth-order valence-corrected chi connectivity index (χ4v) is 3.33. The molecule has 1 unspecified atom stereocenters. The van der Waals surface area contributed by atoms with Crippen LogP contribution in [0.25, 0.3) is 0 Å². The van der Waals surface area contributed by atoms with Crippen LogP contribution in [0.3, 0.4) is 0 Å². The van der Waals surface area contributed by atoms with E-state index in [1.165, 1.54) is 6.33 Å². The number of rotatable bonds is 6. The standard InChI is InChI=1S/C12H17N5O2S/c1-9(12-14-8-15-16-12)17-20(18,19)11-6-4-3-5-10(11)7-13-2/h3-6,8-9,13,17H,7H2,1-2H3,(H,14,15,16). The van der Waals surface area contributed by atoms with Crippen molar-refractivity contribution in [3.8, 4) is 0 Å². The third kappa shape index (κ3) is 3.21. The number of aromatic nitrogens is 3. The highest BCUT2D eigenvalue weighted by Crippen LogP contribution is 2.18. The van der Waals surface area contributed by atoms with Gasteiger partial charge in [-0.25, -0.2) is 18.1 Å². The molecule has 2 rings (SSSR count). The van der Waals surface area contributed by atoms with Gasteiger partial charge >= 0.3 is 0 Å². The van der Waals surface area contributed by atoms with Gasteiger partial charge in [0.2, 0.25) is 10.0 Å². The average molecular weight is 295 g/mol. The lowest BCUT2D eigenvalue weighted by Gasteiger charge is -2.14. The molecule has 1 aromatic carbocycles. The van der Waals surface area contributed by atoms with Crippen molar-refractivity contribution in [3.63, 3.8) is 0 Å². The number of nitrogens with zero attached hydrogens (tertiary/aromatic N) is 2. The smallest absolute Gasteiger partial charge is 0.241 e. The van der Waals surface area contributed by atoms with Crippen LogP contribution < -0.4 is 10.0 Å². The van der Waals surface area contributed by atoms with Crippen LogP contribution in [0, 0.1) is 0 Å². The van der Waals surface area contributed by atoms with E-state index in [0.717, 1.165) is 0 Å². The fraction of sp³-hybridized carbons (Fsp3) is 0.333. The lowest BCUT2D eigenvalue weighted by atomic mass is 10.2. The Morgan fingerprint density at radius 1 is 1.35 bits per heavy atom. The van der Waals surface area contributed by atoms with Crippen molar-refractivity contribution < 1.29 is 8.42 Å². The SMILES string of the molecule is CNCc1ccccc1S(=O)(=O)NC(C)c1ncn[nH]1. The number of H-pyrrole nitrogens is 1. The van der Waals surface area contributed by atoms with Crippen molar-refractivity contribution in [2.24, 2.45) is 0 Å². The van der Waals surface area contributed by atoms with E-state index in [0.29, 0.717) is 17.9 Å². The van der Waals surface area contributed by atoms with Gasteiger partial charge in [0.25, 0.3) is 0 Å². The summed E-state index contributed by atoms with van der Waals surface area (Å²) in [6.07, 6.45) is 1.34. The van der Waals surface area contributed by atoms with Crippen LogP contribution >= 0.6 is 0 Å². The summed E-state index contributed by atoms with van der Waals surface area (Å²) in [5.74, 6) is 0.472. The number of hydrogen-bond acceptors (Lipinski definition) is 5. The third-order valence-electron chi connectivity index (χ3n) is 2.81. The molecular formula is C12H17N5O2S. The van der Waals surface area contributed by atoms with Crippen molar-refractivity contribution in [1.82, 2.24) is 25.2 Å². The first-order chi connectivity index (χ1) is 9.54. The second-order valence-corrected chi connectivity index (χ2v) is 6.03. The lowest BCUT2D eigenvalue weighted by Crippen LogP contribution is -2.28. The minimum atomic E-state index is -3.62. The number of aromatic amines is 1. The highest BCUT2D eigenvalue weighted by Gasteiger charge is 2.22. The van der Waals surface area contributed by atoms with Crippen molar-refractivity contribution in [3.05, 3.63) is 42.0 Å². The van der Waals surface area contributed by atoms with Crippen molar-refractivity contribution in [2.45, 2.75) is 24.4 Å². The Labute approximate surface area is 117 Å². The molecule has 0 radical (unpaired) electrons. The Hall–Kier alpha value is -1.77. The topological polar surface area (TPSA) is 99.8 Å². The molecule has 1 aromatic heterocycles. The van der Waals surface area contributed by atoms with Gasteiger partial charge in [-0.2, -0.15) is 5.10 Å². The molecule has 0 aliphatic heterocycles. The molecule has 0 fully saturated rings. The Kier molecular flexibility index (Phi) is 4.48. The van der Waals surface area contributed by atoms with E-state index in [2.05, 4.69) is 25.2 Å². The molecule has 0 amide bonds. The first kappa shape index (κ1) is 14.6. The van der Waals surface area contributed by atoms with E-state index in [4.69, 9.17) is 0 Å². The molecular weight excluding hydrogens is 278 g/mol. The monoisotopic (exact) mass is 295 g/mol. The molecule has 0 aliphatic rings. The molecule has 0 aliphatic carbocycles. The quantitative estimate of drug-likeness (QED) is 0.723. The zero-order valence-electron chi connectivity index (χ0n) is 11.3. The summed E-state index contributed by atoms with van der Waals surface area (Å²) in [5, 5.41) is 9.32. The van der Waals surface area contributed by atoms with Crippen molar-refractivity contribution in [2.75, 3.05) is 7.05 Å². The highest BCUT2D eigenvalue weighted by molar-refractivity contribution is 7.89. The van der Waals surface area contributed by atoms with Gasteiger partial charge in [-0.3, -0.25) is 5.10 Å². The molecule has 0 bridgehead atoms. The summed E-state index contributed by atoms with van der Waals surface area (Å²) in [6.45, 7) is 2.19. The van der Waals surface area contributed by atoms with Crippen LogP contribution in [0.4, 0.5) is 0 Å². The van der Waals surface area contributed by atoms with E-state index in [-0.39, 0.29) is 4.90 Å². The summed E-state index contributed by atoms with van der Waals surface area (Å²) in [7, 11) is -1.84. The summed E-state index contributed by atoms with van der Waals surface area (Å²) in [4.78, 5) is 4.21. The Morgan fingerprint density at radius 3 is 2.75 bits per heavy atom. The van der Waals surface area contributed by atoms with Gasteiger partial charge in [-0.05, 0) is 25.6 Å². The third-order valence-corrected chi connectivity index (χ3v) is 4.45. The fourth-order valence-electron chi connectivity index (χ4n) is 1.88. The molecule has 0 spiro atoms. The lowest BCUT2D eigenvalue weighted by molar-refractivity contribution is 0.558. The highest BCUT2D eigenvalue weighted by atomic mass is 32.2. The van der Waals surface area contributed by atoms with E-state index in [1.807, 2.05) is 6.07 Å². The van der Waals surface area contributed by atoms with Crippen LogP contribution in [0.5, 0.6) is 0 Å². The van der Waals surface area contributed by atoms with Crippen LogP contribution in [0.15, 0.2) is 35.5 Å². The van der Waals surface area contributed by atoms with Gasteiger partial charge in [-0.1, -0.05) is 18.2 Å². The predicted molar refractivity (Wildman–Crippen MR) is 74.3 cm³/mol. The van der Waals surface area contributed by atoms with Crippen LogP contribution in [0.2, 0.25) is 0 Å². The Morgan fingerprint density at radius 2 is 2.10 bits per heavy atom. The average Bonchev–Trinajstić information content (AvgIpc) is 2.93. The molecule has 8 heteroatoms. The molecule has 1 atom stereocenters. The minimum absolute atomic E-state index is 0.265.